The number of anilines is 1. The van der Waals surface area contributed by atoms with E-state index in [9.17, 15) is 14.7 Å². The number of carbonyl (C=O) groups is 2. The summed E-state index contributed by atoms with van der Waals surface area (Å²) >= 11 is 6.16. The summed E-state index contributed by atoms with van der Waals surface area (Å²) in [7, 11) is 0. The Kier molecular flexibility index (Phi) is 4.96. The van der Waals surface area contributed by atoms with E-state index in [2.05, 4.69) is 4.98 Å². The van der Waals surface area contributed by atoms with Crippen LogP contribution >= 0.6 is 11.6 Å². The van der Waals surface area contributed by atoms with Crippen molar-refractivity contribution in [1.29, 1.82) is 0 Å². The van der Waals surface area contributed by atoms with Crippen LogP contribution in [0.15, 0.2) is 96.8 Å². The van der Waals surface area contributed by atoms with E-state index in [1.54, 1.807) is 54.9 Å². The van der Waals surface area contributed by atoms with Gasteiger partial charge in [-0.3, -0.25) is 19.5 Å². The molecule has 1 aliphatic heterocycles. The number of benzene rings is 3. The lowest BCUT2D eigenvalue weighted by molar-refractivity contribution is -0.132. The van der Waals surface area contributed by atoms with E-state index < -0.39 is 17.7 Å². The fourth-order valence-corrected chi connectivity index (χ4v) is 4.34. The molecule has 1 saturated heterocycles. The average molecular weight is 441 g/mol. The fourth-order valence-electron chi connectivity index (χ4n) is 4.15. The Labute approximate surface area is 189 Å². The number of aliphatic hydroxyl groups excluding tert-OH is 1. The molecule has 32 heavy (non-hydrogen) atoms. The zero-order chi connectivity index (χ0) is 22.2. The number of hydrogen-bond donors (Lipinski definition) is 1. The van der Waals surface area contributed by atoms with Crippen molar-refractivity contribution in [3.8, 4) is 0 Å². The number of aromatic nitrogens is 1. The molecule has 6 heteroatoms. The highest BCUT2D eigenvalue weighted by molar-refractivity contribution is 6.52. The predicted molar refractivity (Wildman–Crippen MR) is 124 cm³/mol. The third kappa shape index (κ3) is 3.24. The van der Waals surface area contributed by atoms with Gasteiger partial charge in [-0.25, -0.2) is 0 Å². The minimum Gasteiger partial charge on any atom is -0.507 e. The summed E-state index contributed by atoms with van der Waals surface area (Å²) in [6.07, 6.45) is 3.20. The number of hydrogen-bond acceptors (Lipinski definition) is 4. The molecule has 1 aromatic heterocycles. The molecule has 5 rings (SSSR count). The molecule has 1 fully saturated rings. The number of amides is 1. The van der Waals surface area contributed by atoms with Crippen molar-refractivity contribution in [1.82, 2.24) is 4.98 Å². The molecule has 0 aliphatic carbocycles. The average Bonchev–Trinajstić information content (AvgIpc) is 3.09. The van der Waals surface area contributed by atoms with Crippen molar-refractivity contribution in [2.75, 3.05) is 4.90 Å². The number of nitrogens with zero attached hydrogens (tertiary/aromatic N) is 2. The molecular formula is C26H17ClN2O3. The van der Waals surface area contributed by atoms with Gasteiger partial charge >= 0.3 is 0 Å². The molecule has 0 spiro atoms. The van der Waals surface area contributed by atoms with E-state index in [1.165, 1.54) is 4.90 Å². The Hall–Kier alpha value is -3.96. The van der Waals surface area contributed by atoms with Gasteiger partial charge in [-0.1, -0.05) is 66.2 Å². The van der Waals surface area contributed by atoms with Gasteiger partial charge in [0.2, 0.25) is 0 Å². The number of Topliss-reactive ketones (excluding diaryl/α,β-unsaturated/α-hetero) is 1. The maximum Gasteiger partial charge on any atom is 0.300 e. The quantitative estimate of drug-likeness (QED) is 0.259. The highest BCUT2D eigenvalue weighted by Crippen LogP contribution is 2.43. The van der Waals surface area contributed by atoms with Crippen molar-refractivity contribution >= 4 is 45.5 Å². The van der Waals surface area contributed by atoms with E-state index in [0.717, 1.165) is 10.8 Å². The second kappa shape index (κ2) is 7.94. The van der Waals surface area contributed by atoms with Crippen LogP contribution in [0, 0.1) is 0 Å². The molecule has 4 aromatic rings. The first-order chi connectivity index (χ1) is 15.6. The molecule has 5 nitrogen and oxygen atoms in total. The van der Waals surface area contributed by atoms with Crippen LogP contribution in [0.3, 0.4) is 0 Å². The van der Waals surface area contributed by atoms with Crippen molar-refractivity contribution in [2.45, 2.75) is 6.04 Å². The van der Waals surface area contributed by atoms with Crippen LogP contribution in [0.2, 0.25) is 5.02 Å². The number of fused-ring (bicyclic) bond motifs is 1. The van der Waals surface area contributed by atoms with Crippen LogP contribution in [0.4, 0.5) is 5.69 Å². The summed E-state index contributed by atoms with van der Waals surface area (Å²) in [5, 5.41) is 13.5. The lowest BCUT2D eigenvalue weighted by atomic mass is 9.94. The van der Waals surface area contributed by atoms with E-state index in [0.29, 0.717) is 21.8 Å². The Bertz CT molecular complexity index is 1390. The summed E-state index contributed by atoms with van der Waals surface area (Å²) < 4.78 is 0. The zero-order valence-corrected chi connectivity index (χ0v) is 17.5. The minimum absolute atomic E-state index is 0.0133. The van der Waals surface area contributed by atoms with Crippen LogP contribution < -0.4 is 4.90 Å². The molecule has 1 unspecified atom stereocenters. The van der Waals surface area contributed by atoms with Gasteiger partial charge in [-0.15, -0.1) is 0 Å². The van der Waals surface area contributed by atoms with Crippen LogP contribution in [0.25, 0.3) is 16.5 Å². The molecular weight excluding hydrogens is 424 g/mol. The molecule has 3 aromatic carbocycles. The standard InChI is InChI=1S/C26H17ClN2O3/c27-18-9-4-10-19(14-18)29-23(17-8-5-13-28-15-17)22(25(31)26(29)32)24(30)21-12-3-7-16-6-1-2-11-20(16)21/h1-15,23,30H/b24-22-. The largest absolute Gasteiger partial charge is 0.507 e. The van der Waals surface area contributed by atoms with Gasteiger partial charge in [0.15, 0.2) is 0 Å². The number of pyridine rings is 1. The minimum atomic E-state index is -0.846. The van der Waals surface area contributed by atoms with Gasteiger partial charge in [0, 0.05) is 28.7 Å². The van der Waals surface area contributed by atoms with Gasteiger partial charge in [0.1, 0.15) is 5.76 Å². The lowest BCUT2D eigenvalue weighted by Crippen LogP contribution is -2.29. The van der Waals surface area contributed by atoms with Crippen molar-refractivity contribution in [2.24, 2.45) is 0 Å². The van der Waals surface area contributed by atoms with Gasteiger partial charge in [0.05, 0.1) is 11.6 Å². The SMILES string of the molecule is O=C1C(=O)N(c2cccc(Cl)c2)C(c2cccnc2)/C1=C(/O)c1cccc2ccccc12. The summed E-state index contributed by atoms with van der Waals surface area (Å²) in [5.74, 6) is -1.72. The van der Waals surface area contributed by atoms with Crippen LogP contribution in [-0.4, -0.2) is 21.8 Å². The number of rotatable bonds is 3. The summed E-state index contributed by atoms with van der Waals surface area (Å²) in [5.41, 5.74) is 1.57. The predicted octanol–water partition coefficient (Wildman–Crippen LogP) is 5.51. The summed E-state index contributed by atoms with van der Waals surface area (Å²) in [6, 6.07) is 22.4. The van der Waals surface area contributed by atoms with Crippen molar-refractivity contribution in [3.63, 3.8) is 0 Å². The zero-order valence-electron chi connectivity index (χ0n) is 16.8. The van der Waals surface area contributed by atoms with Crippen molar-refractivity contribution in [3.05, 3.63) is 113 Å². The van der Waals surface area contributed by atoms with E-state index in [-0.39, 0.29) is 11.3 Å². The third-order valence-corrected chi connectivity index (χ3v) is 5.81. The molecule has 1 N–H and O–H groups in total. The number of carbonyl (C=O) groups excluding carboxylic acids is 2. The molecule has 156 valence electrons. The molecule has 2 heterocycles. The third-order valence-electron chi connectivity index (χ3n) is 5.58. The highest BCUT2D eigenvalue weighted by Gasteiger charge is 2.47. The molecule has 0 saturated carbocycles. The maximum atomic E-state index is 13.2. The molecule has 0 bridgehead atoms. The number of halogens is 1. The first-order valence-electron chi connectivity index (χ1n) is 10.0. The van der Waals surface area contributed by atoms with E-state index in [4.69, 9.17) is 11.6 Å². The molecule has 0 radical (unpaired) electrons. The fraction of sp³-hybridized carbons (Fsp3) is 0.0385. The van der Waals surface area contributed by atoms with Crippen LogP contribution in [0.5, 0.6) is 0 Å². The summed E-state index contributed by atoms with van der Waals surface area (Å²) in [6.45, 7) is 0. The Morgan fingerprint density at radius 3 is 2.50 bits per heavy atom. The Morgan fingerprint density at radius 1 is 0.938 bits per heavy atom. The van der Waals surface area contributed by atoms with Gasteiger partial charge in [-0.05, 0) is 40.6 Å². The van der Waals surface area contributed by atoms with E-state index >= 15 is 0 Å². The number of aliphatic hydroxyl groups is 1. The second-order valence-corrected chi connectivity index (χ2v) is 7.90. The van der Waals surface area contributed by atoms with Gasteiger partial charge in [-0.2, -0.15) is 0 Å². The van der Waals surface area contributed by atoms with Gasteiger partial charge < -0.3 is 5.11 Å². The van der Waals surface area contributed by atoms with E-state index in [1.807, 2.05) is 36.4 Å². The second-order valence-electron chi connectivity index (χ2n) is 7.46. The highest BCUT2D eigenvalue weighted by atomic mass is 35.5. The smallest absolute Gasteiger partial charge is 0.300 e. The Balaban J connectivity index is 1.78. The number of ketones is 1. The van der Waals surface area contributed by atoms with Gasteiger partial charge in [0.25, 0.3) is 11.7 Å². The first-order valence-corrected chi connectivity index (χ1v) is 10.4. The lowest BCUT2D eigenvalue weighted by Gasteiger charge is -2.25. The van der Waals surface area contributed by atoms with Crippen LogP contribution in [0.1, 0.15) is 17.2 Å². The first kappa shape index (κ1) is 20.0. The molecule has 1 atom stereocenters. The molecule has 1 amide bonds. The molecule has 1 aliphatic rings. The topological polar surface area (TPSA) is 70.5 Å². The van der Waals surface area contributed by atoms with Crippen LogP contribution in [-0.2, 0) is 9.59 Å². The normalized spacial score (nSPS) is 17.8. The monoisotopic (exact) mass is 440 g/mol. The summed E-state index contributed by atoms with van der Waals surface area (Å²) in [4.78, 5) is 31.9. The van der Waals surface area contributed by atoms with Crippen molar-refractivity contribution < 1.29 is 14.7 Å². The Morgan fingerprint density at radius 2 is 1.72 bits per heavy atom. The maximum absolute atomic E-state index is 13.2.